The monoisotopic (exact) mass is 320 g/mol. The summed E-state index contributed by atoms with van der Waals surface area (Å²) in [5.41, 5.74) is 0. The Morgan fingerprint density at radius 2 is 2.00 bits per heavy atom. The third-order valence-corrected chi connectivity index (χ3v) is 5.57. The van der Waals surface area contributed by atoms with Crippen LogP contribution in [0.4, 0.5) is 0 Å². The van der Waals surface area contributed by atoms with E-state index in [0.717, 1.165) is 9.75 Å². The second kappa shape index (κ2) is 7.51. The van der Waals surface area contributed by atoms with E-state index in [1.54, 1.807) is 20.1 Å². The Balaban J connectivity index is 2.84. The fourth-order valence-electron chi connectivity index (χ4n) is 1.80. The summed E-state index contributed by atoms with van der Waals surface area (Å²) in [4.78, 5) is 2.20. The maximum absolute atomic E-state index is 12.3. The highest BCUT2D eigenvalue weighted by molar-refractivity contribution is 7.89. The number of hydrogen-bond donors (Lipinski definition) is 2. The van der Waals surface area contributed by atoms with Gasteiger partial charge in [-0.25, -0.2) is 13.1 Å². The van der Waals surface area contributed by atoms with Gasteiger partial charge in [0.25, 0.3) is 0 Å². The van der Waals surface area contributed by atoms with Crippen molar-refractivity contribution in [3.05, 3.63) is 15.8 Å². The van der Waals surface area contributed by atoms with Crippen molar-refractivity contribution in [2.75, 3.05) is 13.7 Å². The van der Waals surface area contributed by atoms with Crippen LogP contribution in [0, 0.1) is 6.92 Å². The molecule has 0 aliphatic carbocycles. The van der Waals surface area contributed by atoms with Crippen LogP contribution in [0.1, 0.15) is 30.5 Å². The highest BCUT2D eigenvalue weighted by Crippen LogP contribution is 2.25. The number of aryl methyl sites for hydroxylation is 1. The van der Waals surface area contributed by atoms with E-state index in [9.17, 15) is 8.42 Å². The van der Waals surface area contributed by atoms with Crippen LogP contribution in [0.25, 0.3) is 0 Å². The molecule has 7 heteroatoms. The van der Waals surface area contributed by atoms with Gasteiger partial charge < -0.3 is 10.1 Å². The zero-order valence-electron chi connectivity index (χ0n) is 12.7. The van der Waals surface area contributed by atoms with E-state index in [-0.39, 0.29) is 6.04 Å². The van der Waals surface area contributed by atoms with Crippen molar-refractivity contribution < 1.29 is 13.2 Å². The summed E-state index contributed by atoms with van der Waals surface area (Å²) >= 11 is 1.51. The first-order chi connectivity index (χ1) is 9.26. The third-order valence-electron chi connectivity index (χ3n) is 2.67. The molecule has 1 unspecified atom stereocenters. The SMILES string of the molecule is COCC(C)NS(=O)(=O)c1cc(CNC(C)C)sc1C. The van der Waals surface area contributed by atoms with Gasteiger partial charge in [0.15, 0.2) is 0 Å². The molecule has 2 N–H and O–H groups in total. The van der Waals surface area contributed by atoms with Crippen molar-refractivity contribution in [2.45, 2.75) is 51.2 Å². The number of rotatable bonds is 8. The molecule has 1 atom stereocenters. The molecule has 1 aromatic heterocycles. The molecule has 0 spiro atoms. The largest absolute Gasteiger partial charge is 0.383 e. The average molecular weight is 320 g/mol. The fourth-order valence-corrected chi connectivity index (χ4v) is 4.61. The molecule has 0 saturated carbocycles. The van der Waals surface area contributed by atoms with E-state index < -0.39 is 10.0 Å². The smallest absolute Gasteiger partial charge is 0.241 e. The number of ether oxygens (including phenoxy) is 1. The van der Waals surface area contributed by atoms with Gasteiger partial charge in [0.05, 0.1) is 11.5 Å². The van der Waals surface area contributed by atoms with E-state index in [4.69, 9.17) is 4.74 Å². The molecular weight excluding hydrogens is 296 g/mol. The molecule has 0 aromatic carbocycles. The van der Waals surface area contributed by atoms with E-state index in [1.165, 1.54) is 11.3 Å². The Kier molecular flexibility index (Phi) is 6.60. The Morgan fingerprint density at radius 1 is 1.35 bits per heavy atom. The van der Waals surface area contributed by atoms with Crippen LogP contribution in [-0.2, 0) is 21.3 Å². The predicted molar refractivity (Wildman–Crippen MR) is 82.7 cm³/mol. The standard InChI is InChI=1S/C13H24N2O3S2/c1-9(2)14-7-12-6-13(11(4)19-12)20(16,17)15-10(3)8-18-5/h6,9-10,14-15H,7-8H2,1-5H3. The normalized spacial score (nSPS) is 13.9. The van der Waals surface area contributed by atoms with Gasteiger partial charge in [-0.05, 0) is 19.9 Å². The van der Waals surface area contributed by atoms with Crippen molar-refractivity contribution in [3.63, 3.8) is 0 Å². The lowest BCUT2D eigenvalue weighted by Crippen LogP contribution is -2.35. The molecule has 1 aromatic rings. The molecule has 0 aliphatic heterocycles. The van der Waals surface area contributed by atoms with Gasteiger partial charge in [-0.3, -0.25) is 0 Å². The Labute approximate surface area is 125 Å². The number of methoxy groups -OCH3 is 1. The van der Waals surface area contributed by atoms with Crippen molar-refractivity contribution in [1.29, 1.82) is 0 Å². The zero-order chi connectivity index (χ0) is 15.3. The molecule has 0 aliphatic rings. The van der Waals surface area contributed by atoms with Gasteiger partial charge in [0.2, 0.25) is 10.0 Å². The van der Waals surface area contributed by atoms with Crippen LogP contribution in [0.15, 0.2) is 11.0 Å². The summed E-state index contributed by atoms with van der Waals surface area (Å²) < 4.78 is 32.2. The van der Waals surface area contributed by atoms with Gasteiger partial charge in [-0.1, -0.05) is 13.8 Å². The molecule has 1 rings (SSSR count). The lowest BCUT2D eigenvalue weighted by atomic mass is 10.3. The molecule has 1 heterocycles. The summed E-state index contributed by atoms with van der Waals surface area (Å²) in [5, 5.41) is 3.29. The summed E-state index contributed by atoms with van der Waals surface area (Å²) in [6, 6.07) is 1.87. The Bertz CT molecular complexity index is 524. The molecular formula is C13H24N2O3S2. The molecule has 116 valence electrons. The van der Waals surface area contributed by atoms with Gasteiger partial charge >= 0.3 is 0 Å². The zero-order valence-corrected chi connectivity index (χ0v) is 14.3. The minimum absolute atomic E-state index is 0.249. The topological polar surface area (TPSA) is 67.4 Å². The van der Waals surface area contributed by atoms with Crippen molar-refractivity contribution in [2.24, 2.45) is 0 Å². The number of nitrogens with one attached hydrogen (secondary N) is 2. The van der Waals surface area contributed by atoms with Gasteiger partial charge in [-0.2, -0.15) is 0 Å². The molecule has 5 nitrogen and oxygen atoms in total. The lowest BCUT2D eigenvalue weighted by molar-refractivity contribution is 0.180. The first kappa shape index (κ1) is 17.6. The Hall–Kier alpha value is -0.470. The predicted octanol–water partition coefficient (Wildman–Crippen LogP) is 1.87. The number of sulfonamides is 1. The number of hydrogen-bond acceptors (Lipinski definition) is 5. The van der Waals surface area contributed by atoms with Gasteiger partial charge in [0, 0.05) is 35.5 Å². The van der Waals surface area contributed by atoms with Crippen LogP contribution in [0.3, 0.4) is 0 Å². The second-order valence-corrected chi connectivity index (χ2v) is 8.17. The van der Waals surface area contributed by atoms with Crippen molar-refractivity contribution in [1.82, 2.24) is 10.0 Å². The maximum atomic E-state index is 12.3. The van der Waals surface area contributed by atoms with Crippen LogP contribution in [0.2, 0.25) is 0 Å². The third kappa shape index (κ3) is 5.14. The average Bonchev–Trinajstić information content (AvgIpc) is 2.68. The van der Waals surface area contributed by atoms with Crippen LogP contribution in [-0.4, -0.2) is 34.2 Å². The summed E-state index contributed by atoms with van der Waals surface area (Å²) in [7, 11) is -1.93. The summed E-state index contributed by atoms with van der Waals surface area (Å²) in [6.45, 7) is 8.78. The van der Waals surface area contributed by atoms with E-state index in [0.29, 0.717) is 24.1 Å². The minimum atomic E-state index is -3.48. The van der Waals surface area contributed by atoms with Crippen LogP contribution >= 0.6 is 11.3 Å². The highest BCUT2D eigenvalue weighted by atomic mass is 32.2. The summed E-state index contributed by atoms with van der Waals surface area (Å²) in [6.07, 6.45) is 0. The first-order valence-electron chi connectivity index (χ1n) is 6.60. The van der Waals surface area contributed by atoms with Crippen LogP contribution < -0.4 is 10.0 Å². The van der Waals surface area contributed by atoms with E-state index in [2.05, 4.69) is 23.9 Å². The summed E-state index contributed by atoms with van der Waals surface area (Å²) in [5.74, 6) is 0. The molecule has 0 bridgehead atoms. The van der Waals surface area contributed by atoms with Gasteiger partial charge in [-0.15, -0.1) is 11.3 Å². The van der Waals surface area contributed by atoms with Gasteiger partial charge in [0.1, 0.15) is 0 Å². The molecule has 0 saturated heterocycles. The number of thiophene rings is 1. The Morgan fingerprint density at radius 3 is 2.55 bits per heavy atom. The lowest BCUT2D eigenvalue weighted by Gasteiger charge is -2.12. The van der Waals surface area contributed by atoms with Crippen molar-refractivity contribution in [3.8, 4) is 0 Å². The fraction of sp³-hybridized carbons (Fsp3) is 0.692. The molecule has 0 fully saturated rings. The minimum Gasteiger partial charge on any atom is -0.383 e. The van der Waals surface area contributed by atoms with Crippen molar-refractivity contribution >= 4 is 21.4 Å². The van der Waals surface area contributed by atoms with E-state index in [1.807, 2.05) is 6.92 Å². The first-order valence-corrected chi connectivity index (χ1v) is 8.90. The second-order valence-electron chi connectivity index (χ2n) is 5.15. The molecule has 0 radical (unpaired) electrons. The highest BCUT2D eigenvalue weighted by Gasteiger charge is 2.22. The quantitative estimate of drug-likeness (QED) is 0.767. The molecule has 20 heavy (non-hydrogen) atoms. The van der Waals surface area contributed by atoms with Crippen LogP contribution in [0.5, 0.6) is 0 Å². The molecule has 0 amide bonds. The van der Waals surface area contributed by atoms with E-state index >= 15 is 0 Å². The maximum Gasteiger partial charge on any atom is 0.241 e.